The SMILES string of the molecule is C#CCn1c(=NC(=O)C2CCCN(S(=O)(=O)c3ccc(F)cc3)C2)sc2cc(S(C)(=O)=O)ccc21. The van der Waals surface area contributed by atoms with Crippen molar-refractivity contribution in [2.24, 2.45) is 10.9 Å². The number of halogens is 1. The van der Waals surface area contributed by atoms with Crippen molar-refractivity contribution in [2.45, 2.75) is 29.2 Å². The molecule has 0 saturated carbocycles. The Balaban J connectivity index is 1.66. The third kappa shape index (κ3) is 5.23. The molecular formula is C23H22FN3O5S3. The number of fused-ring (bicyclic) bond motifs is 1. The largest absolute Gasteiger partial charge is 0.305 e. The molecule has 1 amide bonds. The van der Waals surface area contributed by atoms with Gasteiger partial charge in [-0.3, -0.25) is 4.79 Å². The summed E-state index contributed by atoms with van der Waals surface area (Å²) in [7, 11) is -7.31. The number of carbonyl (C=O) groups excluding carboxylic acids is 1. The molecule has 1 unspecified atom stereocenters. The number of piperidine rings is 1. The van der Waals surface area contributed by atoms with E-state index in [4.69, 9.17) is 6.42 Å². The number of rotatable bonds is 5. The predicted octanol–water partition coefficient (Wildman–Crippen LogP) is 2.41. The molecule has 3 aromatic rings. The van der Waals surface area contributed by atoms with E-state index < -0.39 is 37.5 Å². The minimum atomic E-state index is -3.89. The van der Waals surface area contributed by atoms with Gasteiger partial charge in [0.15, 0.2) is 14.6 Å². The van der Waals surface area contributed by atoms with Crippen molar-refractivity contribution in [1.82, 2.24) is 8.87 Å². The van der Waals surface area contributed by atoms with Crippen molar-refractivity contribution in [3.05, 3.63) is 53.1 Å². The predicted molar refractivity (Wildman–Crippen MR) is 130 cm³/mol. The van der Waals surface area contributed by atoms with Gasteiger partial charge in [-0.2, -0.15) is 9.30 Å². The van der Waals surface area contributed by atoms with Gasteiger partial charge in [0, 0.05) is 19.3 Å². The summed E-state index contributed by atoms with van der Waals surface area (Å²) >= 11 is 1.14. The zero-order valence-corrected chi connectivity index (χ0v) is 21.2. The van der Waals surface area contributed by atoms with Crippen LogP contribution in [0.15, 0.2) is 57.2 Å². The first-order chi connectivity index (χ1) is 16.5. The topological polar surface area (TPSA) is 106 Å². The Bertz CT molecular complexity index is 1620. The number of thiazole rings is 1. The summed E-state index contributed by atoms with van der Waals surface area (Å²) in [5, 5.41) is 0. The highest BCUT2D eigenvalue weighted by Gasteiger charge is 2.33. The van der Waals surface area contributed by atoms with Gasteiger partial charge in [0.1, 0.15) is 5.82 Å². The second kappa shape index (κ2) is 9.66. The Morgan fingerprint density at radius 3 is 2.51 bits per heavy atom. The van der Waals surface area contributed by atoms with E-state index in [0.717, 1.165) is 29.7 Å². The number of sulfonamides is 1. The molecular weight excluding hydrogens is 513 g/mol. The number of terminal acetylenes is 1. The van der Waals surface area contributed by atoms with Crippen molar-refractivity contribution >= 4 is 47.3 Å². The molecule has 8 nitrogen and oxygen atoms in total. The molecule has 0 N–H and O–H groups in total. The van der Waals surface area contributed by atoms with Crippen molar-refractivity contribution in [1.29, 1.82) is 0 Å². The highest BCUT2D eigenvalue weighted by molar-refractivity contribution is 7.90. The van der Waals surface area contributed by atoms with Crippen LogP contribution in [-0.2, 0) is 31.2 Å². The number of hydrogen-bond donors (Lipinski definition) is 0. The lowest BCUT2D eigenvalue weighted by atomic mass is 9.99. The van der Waals surface area contributed by atoms with E-state index in [9.17, 15) is 26.0 Å². The first-order valence-corrected chi connectivity index (χ1v) is 14.8. The zero-order chi connectivity index (χ0) is 25.4. The Hall–Kier alpha value is -2.85. The lowest BCUT2D eigenvalue weighted by Crippen LogP contribution is -2.42. The van der Waals surface area contributed by atoms with E-state index in [-0.39, 0.29) is 29.4 Å². The van der Waals surface area contributed by atoms with Crippen LogP contribution in [-0.4, -0.2) is 51.0 Å². The number of benzene rings is 2. The second-order valence-electron chi connectivity index (χ2n) is 8.18. The van der Waals surface area contributed by atoms with E-state index in [0.29, 0.717) is 27.9 Å². The van der Waals surface area contributed by atoms with Gasteiger partial charge in [0.05, 0.1) is 32.5 Å². The number of amides is 1. The molecule has 2 aromatic carbocycles. The molecule has 35 heavy (non-hydrogen) atoms. The molecule has 1 fully saturated rings. The molecule has 184 valence electrons. The number of hydrogen-bond acceptors (Lipinski definition) is 6. The highest BCUT2D eigenvalue weighted by Crippen LogP contribution is 2.26. The van der Waals surface area contributed by atoms with Crippen LogP contribution in [0.4, 0.5) is 4.39 Å². The molecule has 1 aliphatic rings. The number of aromatic nitrogens is 1. The molecule has 1 atom stereocenters. The average molecular weight is 536 g/mol. The van der Waals surface area contributed by atoms with Gasteiger partial charge in [0.2, 0.25) is 10.0 Å². The second-order valence-corrected chi connectivity index (χ2v) is 13.1. The van der Waals surface area contributed by atoms with Gasteiger partial charge in [0.25, 0.3) is 5.91 Å². The third-order valence-corrected chi connectivity index (χ3v) is 9.75. The summed E-state index contributed by atoms with van der Waals surface area (Å²) in [5.74, 6) is 0.836. The van der Waals surface area contributed by atoms with Gasteiger partial charge < -0.3 is 4.57 Å². The maximum absolute atomic E-state index is 13.2. The lowest BCUT2D eigenvalue weighted by molar-refractivity contribution is -0.122. The molecule has 1 saturated heterocycles. The van der Waals surface area contributed by atoms with Crippen LogP contribution in [0.2, 0.25) is 0 Å². The van der Waals surface area contributed by atoms with Crippen LogP contribution < -0.4 is 4.80 Å². The number of nitrogens with zero attached hydrogens (tertiary/aromatic N) is 3. The Kier molecular flexibility index (Phi) is 6.97. The monoisotopic (exact) mass is 535 g/mol. The van der Waals surface area contributed by atoms with Crippen molar-refractivity contribution in [3.63, 3.8) is 0 Å². The van der Waals surface area contributed by atoms with Crippen LogP contribution in [0.1, 0.15) is 12.8 Å². The summed E-state index contributed by atoms with van der Waals surface area (Å²) < 4.78 is 66.5. The number of carbonyl (C=O) groups is 1. The van der Waals surface area contributed by atoms with E-state index in [1.807, 2.05) is 0 Å². The third-order valence-electron chi connectivity index (χ3n) is 5.72. The Labute approximate surface area is 206 Å². The minimum Gasteiger partial charge on any atom is -0.305 e. The minimum absolute atomic E-state index is 0.0398. The van der Waals surface area contributed by atoms with E-state index >= 15 is 0 Å². The first kappa shape index (κ1) is 25.2. The lowest BCUT2D eigenvalue weighted by Gasteiger charge is -2.30. The summed E-state index contributed by atoms with van der Waals surface area (Å²) in [6, 6.07) is 9.17. The maximum Gasteiger partial charge on any atom is 0.252 e. The maximum atomic E-state index is 13.2. The highest BCUT2D eigenvalue weighted by atomic mass is 32.2. The van der Waals surface area contributed by atoms with E-state index in [1.165, 1.54) is 28.6 Å². The number of sulfone groups is 1. The standard InChI is InChI=1S/C23H22FN3O5S3/c1-3-12-27-20-11-10-19(34(2,29)30)14-21(20)33-23(27)25-22(28)16-5-4-13-26(15-16)35(31,32)18-8-6-17(24)7-9-18/h1,6-11,14,16H,4-5,12-13,15H2,2H3. The van der Waals surface area contributed by atoms with Gasteiger partial charge in [-0.05, 0) is 55.3 Å². The molecule has 2 heterocycles. The molecule has 1 aromatic heterocycles. The average Bonchev–Trinajstić information content (AvgIpc) is 3.15. The van der Waals surface area contributed by atoms with Crippen molar-refractivity contribution in [2.75, 3.05) is 19.3 Å². The summed E-state index contributed by atoms with van der Waals surface area (Å²) in [6.07, 6.45) is 7.55. The summed E-state index contributed by atoms with van der Waals surface area (Å²) in [4.78, 5) is 17.8. The van der Waals surface area contributed by atoms with Crippen LogP contribution >= 0.6 is 11.3 Å². The molecule has 12 heteroatoms. The fourth-order valence-corrected chi connectivity index (χ4v) is 7.24. The van der Waals surface area contributed by atoms with Gasteiger partial charge >= 0.3 is 0 Å². The fraction of sp³-hybridized carbons (Fsp3) is 0.304. The Morgan fingerprint density at radius 1 is 1.17 bits per heavy atom. The molecule has 0 bridgehead atoms. The quantitative estimate of drug-likeness (QED) is 0.467. The molecule has 0 spiro atoms. The van der Waals surface area contributed by atoms with E-state index in [1.54, 1.807) is 10.6 Å². The van der Waals surface area contributed by atoms with E-state index in [2.05, 4.69) is 10.9 Å². The summed E-state index contributed by atoms with van der Waals surface area (Å²) in [6.45, 7) is 0.331. The Morgan fingerprint density at radius 2 is 1.86 bits per heavy atom. The smallest absolute Gasteiger partial charge is 0.252 e. The van der Waals surface area contributed by atoms with Gasteiger partial charge in [-0.1, -0.05) is 17.3 Å². The van der Waals surface area contributed by atoms with Crippen LogP contribution in [0, 0.1) is 24.1 Å². The van der Waals surface area contributed by atoms with Gasteiger partial charge in [-0.15, -0.1) is 6.42 Å². The molecule has 0 aliphatic carbocycles. The van der Waals surface area contributed by atoms with Crippen molar-refractivity contribution in [3.8, 4) is 12.3 Å². The fourth-order valence-electron chi connectivity index (χ4n) is 3.92. The summed E-state index contributed by atoms with van der Waals surface area (Å²) in [5.41, 5.74) is 0.649. The normalized spacial score (nSPS) is 18.0. The first-order valence-electron chi connectivity index (χ1n) is 10.6. The van der Waals surface area contributed by atoms with Crippen LogP contribution in [0.25, 0.3) is 10.2 Å². The molecule has 0 radical (unpaired) electrons. The van der Waals surface area contributed by atoms with Gasteiger partial charge in [-0.25, -0.2) is 21.2 Å². The molecule has 1 aliphatic heterocycles. The van der Waals surface area contributed by atoms with Crippen LogP contribution in [0.3, 0.4) is 0 Å². The zero-order valence-electron chi connectivity index (χ0n) is 18.7. The van der Waals surface area contributed by atoms with Crippen molar-refractivity contribution < 1.29 is 26.0 Å². The van der Waals surface area contributed by atoms with Crippen LogP contribution in [0.5, 0.6) is 0 Å². The molecule has 4 rings (SSSR count).